The Morgan fingerprint density at radius 2 is 2.17 bits per heavy atom. The molecule has 1 fully saturated rings. The highest BCUT2D eigenvalue weighted by Crippen LogP contribution is 2.26. The van der Waals surface area contributed by atoms with Crippen LogP contribution < -0.4 is 0 Å². The van der Waals surface area contributed by atoms with E-state index in [0.29, 0.717) is 26.1 Å². The van der Waals surface area contributed by atoms with Crippen molar-refractivity contribution in [1.29, 1.82) is 0 Å². The Morgan fingerprint density at radius 1 is 1.50 bits per heavy atom. The Kier molecular flexibility index (Phi) is 4.64. The minimum absolute atomic E-state index is 0.272. The molecule has 0 spiro atoms. The van der Waals surface area contributed by atoms with Crippen LogP contribution in [0.4, 0.5) is 4.79 Å². The summed E-state index contributed by atoms with van der Waals surface area (Å²) < 4.78 is 11.1. The molecule has 1 rings (SSSR count). The van der Waals surface area contributed by atoms with Gasteiger partial charge in [0.2, 0.25) is 0 Å². The SMILES string of the molecule is C#CCCOC1(C)CCN(C(=O)OC(C)(C)C)C1. The molecule has 1 aliphatic rings. The smallest absolute Gasteiger partial charge is 0.410 e. The van der Waals surface area contributed by atoms with Gasteiger partial charge in [0.25, 0.3) is 0 Å². The summed E-state index contributed by atoms with van der Waals surface area (Å²) in [6.07, 6.45) is 6.33. The van der Waals surface area contributed by atoms with E-state index in [2.05, 4.69) is 5.92 Å². The van der Waals surface area contributed by atoms with Crippen LogP contribution in [0, 0.1) is 12.3 Å². The van der Waals surface area contributed by atoms with Crippen molar-refractivity contribution in [2.45, 2.75) is 51.7 Å². The molecule has 18 heavy (non-hydrogen) atoms. The maximum atomic E-state index is 11.9. The van der Waals surface area contributed by atoms with Gasteiger partial charge >= 0.3 is 6.09 Å². The van der Waals surface area contributed by atoms with Crippen molar-refractivity contribution in [2.75, 3.05) is 19.7 Å². The summed E-state index contributed by atoms with van der Waals surface area (Å²) in [5.74, 6) is 2.54. The first-order chi connectivity index (χ1) is 8.26. The van der Waals surface area contributed by atoms with Gasteiger partial charge in [-0.2, -0.15) is 0 Å². The van der Waals surface area contributed by atoms with Crippen molar-refractivity contribution >= 4 is 6.09 Å². The third-order valence-corrected chi connectivity index (χ3v) is 2.78. The Balaban J connectivity index is 2.45. The average molecular weight is 253 g/mol. The monoisotopic (exact) mass is 253 g/mol. The van der Waals surface area contributed by atoms with Crippen molar-refractivity contribution in [3.05, 3.63) is 0 Å². The van der Waals surface area contributed by atoms with E-state index in [4.69, 9.17) is 15.9 Å². The lowest BCUT2D eigenvalue weighted by atomic mass is 10.1. The van der Waals surface area contributed by atoms with Crippen LogP contribution in [0.1, 0.15) is 40.5 Å². The third-order valence-electron chi connectivity index (χ3n) is 2.78. The van der Waals surface area contributed by atoms with Gasteiger partial charge in [-0.3, -0.25) is 0 Å². The van der Waals surface area contributed by atoms with E-state index in [-0.39, 0.29) is 11.7 Å². The summed E-state index contributed by atoms with van der Waals surface area (Å²) in [5, 5.41) is 0. The molecule has 1 heterocycles. The molecule has 0 aromatic rings. The molecular weight excluding hydrogens is 230 g/mol. The van der Waals surface area contributed by atoms with E-state index in [1.807, 2.05) is 27.7 Å². The Hall–Kier alpha value is -1.21. The predicted molar refractivity (Wildman–Crippen MR) is 70.2 cm³/mol. The van der Waals surface area contributed by atoms with E-state index in [0.717, 1.165) is 6.42 Å². The number of amides is 1. The van der Waals surface area contributed by atoms with Crippen LogP contribution in [0.25, 0.3) is 0 Å². The molecule has 1 saturated heterocycles. The lowest BCUT2D eigenvalue weighted by Gasteiger charge is -2.27. The predicted octanol–water partition coefficient (Wildman–Crippen LogP) is 2.43. The first-order valence-corrected chi connectivity index (χ1v) is 6.31. The molecule has 1 amide bonds. The van der Waals surface area contributed by atoms with Crippen LogP contribution in [0.2, 0.25) is 0 Å². The third kappa shape index (κ3) is 4.58. The molecule has 1 atom stereocenters. The molecule has 0 bridgehead atoms. The molecule has 0 aliphatic carbocycles. The lowest BCUT2D eigenvalue weighted by Crippen LogP contribution is -2.39. The van der Waals surface area contributed by atoms with E-state index >= 15 is 0 Å². The summed E-state index contributed by atoms with van der Waals surface area (Å²) in [4.78, 5) is 13.6. The largest absolute Gasteiger partial charge is 0.444 e. The number of hydrogen-bond donors (Lipinski definition) is 0. The number of terminal acetylenes is 1. The van der Waals surface area contributed by atoms with Crippen LogP contribution in [-0.2, 0) is 9.47 Å². The first-order valence-electron chi connectivity index (χ1n) is 6.31. The summed E-state index contributed by atoms with van der Waals surface area (Å²) in [6, 6.07) is 0. The summed E-state index contributed by atoms with van der Waals surface area (Å²) in [5.41, 5.74) is -0.756. The summed E-state index contributed by atoms with van der Waals surface area (Å²) >= 11 is 0. The second kappa shape index (κ2) is 5.62. The van der Waals surface area contributed by atoms with Crippen LogP contribution in [0.5, 0.6) is 0 Å². The fourth-order valence-electron chi connectivity index (χ4n) is 1.89. The highest BCUT2D eigenvalue weighted by Gasteiger charge is 2.38. The summed E-state index contributed by atoms with van der Waals surface area (Å²) in [6.45, 7) is 9.37. The molecule has 0 aromatic heterocycles. The second-order valence-corrected chi connectivity index (χ2v) is 5.90. The van der Waals surface area contributed by atoms with E-state index in [1.165, 1.54) is 0 Å². The maximum Gasteiger partial charge on any atom is 0.410 e. The lowest BCUT2D eigenvalue weighted by molar-refractivity contribution is -0.0246. The number of carbonyl (C=O) groups excluding carboxylic acids is 1. The van der Waals surface area contributed by atoms with Crippen LogP contribution in [0.15, 0.2) is 0 Å². The van der Waals surface area contributed by atoms with Gasteiger partial charge in [0, 0.05) is 13.0 Å². The maximum absolute atomic E-state index is 11.9. The molecular formula is C14H23NO3. The zero-order valence-corrected chi connectivity index (χ0v) is 11.8. The molecule has 4 nitrogen and oxygen atoms in total. The summed E-state index contributed by atoms with van der Waals surface area (Å²) in [7, 11) is 0. The van der Waals surface area contributed by atoms with Gasteiger partial charge in [-0.1, -0.05) is 0 Å². The highest BCUT2D eigenvalue weighted by molar-refractivity contribution is 5.68. The number of likely N-dealkylation sites (tertiary alicyclic amines) is 1. The van der Waals surface area contributed by atoms with Gasteiger partial charge in [0.15, 0.2) is 0 Å². The topological polar surface area (TPSA) is 38.8 Å². The molecule has 0 saturated carbocycles. The van der Waals surface area contributed by atoms with Crippen LogP contribution in [-0.4, -0.2) is 41.9 Å². The number of carbonyl (C=O) groups is 1. The minimum atomic E-state index is -0.458. The van der Waals surface area contributed by atoms with Crippen molar-refractivity contribution in [1.82, 2.24) is 4.90 Å². The second-order valence-electron chi connectivity index (χ2n) is 5.90. The van der Waals surface area contributed by atoms with Crippen LogP contribution >= 0.6 is 0 Å². The zero-order valence-electron chi connectivity index (χ0n) is 11.8. The van der Waals surface area contributed by atoms with Crippen molar-refractivity contribution in [3.63, 3.8) is 0 Å². The Morgan fingerprint density at radius 3 is 2.72 bits per heavy atom. The molecule has 1 unspecified atom stereocenters. The first kappa shape index (κ1) is 14.8. The fourth-order valence-corrected chi connectivity index (χ4v) is 1.89. The van der Waals surface area contributed by atoms with E-state index in [1.54, 1.807) is 4.90 Å². The standard InChI is InChI=1S/C14H23NO3/c1-6-7-10-17-14(5)8-9-15(11-14)12(16)18-13(2,3)4/h1H,7-11H2,2-5H3. The molecule has 0 aromatic carbocycles. The normalized spacial score (nSPS) is 23.8. The van der Waals surface area contributed by atoms with Gasteiger partial charge in [0.1, 0.15) is 5.60 Å². The van der Waals surface area contributed by atoms with Crippen molar-refractivity contribution in [3.8, 4) is 12.3 Å². The van der Waals surface area contributed by atoms with Gasteiger partial charge in [0.05, 0.1) is 18.8 Å². The van der Waals surface area contributed by atoms with Gasteiger partial charge < -0.3 is 14.4 Å². The van der Waals surface area contributed by atoms with Gasteiger partial charge in [-0.15, -0.1) is 12.3 Å². The van der Waals surface area contributed by atoms with Crippen LogP contribution in [0.3, 0.4) is 0 Å². The minimum Gasteiger partial charge on any atom is -0.444 e. The Labute approximate surface area is 110 Å². The van der Waals surface area contributed by atoms with Gasteiger partial charge in [-0.05, 0) is 34.1 Å². The zero-order chi connectivity index (χ0) is 13.8. The van der Waals surface area contributed by atoms with Crippen molar-refractivity contribution < 1.29 is 14.3 Å². The average Bonchev–Trinajstić information content (AvgIpc) is 2.59. The van der Waals surface area contributed by atoms with E-state index in [9.17, 15) is 4.79 Å². The molecule has 0 N–H and O–H groups in total. The van der Waals surface area contributed by atoms with Crippen molar-refractivity contribution in [2.24, 2.45) is 0 Å². The number of hydrogen-bond acceptors (Lipinski definition) is 3. The molecule has 1 aliphatic heterocycles. The molecule has 0 radical (unpaired) electrons. The fraction of sp³-hybridized carbons (Fsp3) is 0.786. The molecule has 4 heteroatoms. The quantitative estimate of drug-likeness (QED) is 0.573. The van der Waals surface area contributed by atoms with Gasteiger partial charge in [-0.25, -0.2) is 4.79 Å². The Bertz CT molecular complexity index is 340. The number of nitrogens with zero attached hydrogens (tertiary/aromatic N) is 1. The molecule has 102 valence electrons. The van der Waals surface area contributed by atoms with E-state index < -0.39 is 5.60 Å². The number of ether oxygens (including phenoxy) is 2. The highest BCUT2D eigenvalue weighted by atomic mass is 16.6. The number of rotatable bonds is 3.